The minimum atomic E-state index is -0.759. The minimum absolute atomic E-state index is 0.0152. The van der Waals surface area contributed by atoms with Crippen molar-refractivity contribution in [2.45, 2.75) is 133 Å². The first-order chi connectivity index (χ1) is 45.2. The monoisotopic (exact) mass is 1340 g/mol. The van der Waals surface area contributed by atoms with Gasteiger partial charge in [0.1, 0.15) is 11.6 Å². The molecule has 0 bridgehead atoms. The van der Waals surface area contributed by atoms with Gasteiger partial charge in [-0.05, 0) is 119 Å². The zero-order chi connectivity index (χ0) is 66.5. The van der Waals surface area contributed by atoms with E-state index in [1.807, 2.05) is 83.6 Å². The number of amides is 4. The molecule has 6 fully saturated rings. The van der Waals surface area contributed by atoms with E-state index in [9.17, 15) is 33.9 Å². The first-order valence-corrected chi connectivity index (χ1v) is 33.4. The number of fused-ring (bicyclic) bond motifs is 2. The number of methoxy groups -OCH3 is 2. The van der Waals surface area contributed by atoms with Gasteiger partial charge in [-0.3, -0.25) is 38.6 Å². The van der Waals surface area contributed by atoms with Crippen LogP contribution in [0.25, 0.3) is 21.8 Å². The summed E-state index contributed by atoms with van der Waals surface area (Å²) in [6.45, 7) is 7.16. The summed E-state index contributed by atoms with van der Waals surface area (Å²) in [6.07, 6.45) is 10.4. The number of nitrogens with one attached hydrogen (secondary N) is 2. The molecule has 4 amide bonds. The molecule has 94 heavy (non-hydrogen) atoms. The maximum atomic E-state index is 15.5. The average Bonchev–Trinajstić information content (AvgIpc) is 1.64. The number of carbonyl (C=O) groups excluding carboxylic acids is 5. The molecule has 6 aliphatic rings. The molecule has 504 valence electrons. The lowest BCUT2D eigenvalue weighted by molar-refractivity contribution is -0.150. The summed E-state index contributed by atoms with van der Waals surface area (Å²) in [5.74, 6) is -3.80. The van der Waals surface area contributed by atoms with Crippen LogP contribution in [0.5, 0.6) is 0 Å². The molecule has 6 heterocycles. The molecule has 0 radical (unpaired) electrons. The molecule has 0 spiro atoms. The van der Waals surface area contributed by atoms with E-state index in [1.165, 1.54) is 24.3 Å². The molecule has 4 aromatic carbocycles. The van der Waals surface area contributed by atoms with Crippen molar-refractivity contribution < 1.29 is 66.3 Å². The van der Waals surface area contributed by atoms with Crippen LogP contribution in [0, 0.1) is 23.5 Å². The third-order valence-electron chi connectivity index (χ3n) is 20.0. The number of carboxylic acid groups (broad SMARTS) is 1. The molecule has 2 saturated carbocycles. The number of ether oxygens (including phenoxy) is 5. The number of likely N-dealkylation sites (tertiary alicyclic amines) is 4. The Kier molecular flexibility index (Phi) is 22.1. The van der Waals surface area contributed by atoms with Crippen LogP contribution in [-0.4, -0.2) is 191 Å². The van der Waals surface area contributed by atoms with Gasteiger partial charge in [0.15, 0.2) is 0 Å². The van der Waals surface area contributed by atoms with Crippen molar-refractivity contribution in [3.63, 3.8) is 0 Å². The number of aliphatic carboxylic acids is 1. The second-order valence-corrected chi connectivity index (χ2v) is 26.8. The standard InChI is InChI=1S/C36H44ClFN4O6.C34H40ClFN4O6/c1-4-47-36(45)22-9-11-26(12-10-22)48-21-25-15-24(41-18-27(19-41)46-3)17-42(25)34(43)14-23-13-30(37)32(16-31(23)38)39-35(44)29-20-40(2)33-8-6-5-7-28(29)33;1-38-18-27(26-5-3-4-6-31(26)38)33(42)37-30-14-29(36)21(11-28(30)35)12-32(41)40-15-22(39-16-25(17-39)45-2)13-23(40)19-46-24-9-7-20(8-10-24)34(43)44/h5-8,13,16,20,22,24-27H,4,9-12,14-15,17-19,21H2,1-3H3,(H,39,44);3-6,11,14,18,20,22-25H,7-10,12-13,15-17,19H2,1-2H3,(H,37,42)(H,43,44)/t22?,24-,25-,26?;20?,22-,23-,24?/m00/s1. The number of aryl methyl sites for hydroxylation is 2. The first kappa shape index (κ1) is 68.4. The minimum Gasteiger partial charge on any atom is -0.481 e. The molecule has 4 atom stereocenters. The number of benzene rings is 4. The normalized spacial score (nSPS) is 23.6. The number of carbonyl (C=O) groups is 6. The van der Waals surface area contributed by atoms with Crippen LogP contribution in [0.4, 0.5) is 20.2 Å². The van der Waals surface area contributed by atoms with E-state index >= 15 is 8.78 Å². The molecule has 2 aromatic heterocycles. The van der Waals surface area contributed by atoms with E-state index in [0.29, 0.717) is 69.7 Å². The number of hydrogen-bond donors (Lipinski definition) is 3. The van der Waals surface area contributed by atoms with Gasteiger partial charge in [-0.1, -0.05) is 59.6 Å². The number of anilines is 2. The summed E-state index contributed by atoms with van der Waals surface area (Å²) in [4.78, 5) is 85.5. The largest absolute Gasteiger partial charge is 0.481 e. The van der Waals surface area contributed by atoms with Gasteiger partial charge in [0, 0.05) is 114 Å². The molecule has 2 aliphatic carbocycles. The van der Waals surface area contributed by atoms with E-state index in [0.717, 1.165) is 86.5 Å². The van der Waals surface area contributed by atoms with E-state index in [4.69, 9.17) is 46.9 Å². The highest BCUT2D eigenvalue weighted by molar-refractivity contribution is 6.34. The van der Waals surface area contributed by atoms with Gasteiger partial charge in [0.2, 0.25) is 11.8 Å². The van der Waals surface area contributed by atoms with E-state index in [-0.39, 0.29) is 124 Å². The number of hydrogen-bond acceptors (Lipinski definition) is 13. The van der Waals surface area contributed by atoms with Crippen molar-refractivity contribution in [2.24, 2.45) is 25.9 Å². The van der Waals surface area contributed by atoms with Crippen LogP contribution in [0.15, 0.2) is 85.2 Å². The highest BCUT2D eigenvalue weighted by atomic mass is 35.5. The zero-order valence-electron chi connectivity index (χ0n) is 53.8. The molecular weight excluding hydrogens is 1250 g/mol. The molecule has 20 nitrogen and oxygen atoms in total. The summed E-state index contributed by atoms with van der Waals surface area (Å²) < 4.78 is 63.3. The molecule has 6 aromatic rings. The van der Waals surface area contributed by atoms with Crippen molar-refractivity contribution >= 4 is 91.9 Å². The Morgan fingerprint density at radius 1 is 0.564 bits per heavy atom. The summed E-state index contributed by atoms with van der Waals surface area (Å²) >= 11 is 13.1. The summed E-state index contributed by atoms with van der Waals surface area (Å²) in [7, 11) is 7.11. The number of nitrogens with zero attached hydrogens (tertiary/aromatic N) is 6. The topological polar surface area (TPSA) is 216 Å². The quantitative estimate of drug-likeness (QED) is 0.0572. The van der Waals surface area contributed by atoms with Crippen molar-refractivity contribution in [1.29, 1.82) is 0 Å². The van der Waals surface area contributed by atoms with Gasteiger partial charge in [-0.2, -0.15) is 0 Å². The number of rotatable bonds is 21. The second-order valence-electron chi connectivity index (χ2n) is 26.0. The van der Waals surface area contributed by atoms with Crippen LogP contribution in [-0.2, 0) is 69.8 Å². The van der Waals surface area contributed by atoms with Crippen LogP contribution in [0.3, 0.4) is 0 Å². The van der Waals surface area contributed by atoms with Crippen LogP contribution in [0.2, 0.25) is 10.0 Å². The predicted octanol–water partition coefficient (Wildman–Crippen LogP) is 9.93. The SMILES string of the molecule is CCOC(=O)C1CCC(OC[C@@H]2C[C@H](N3CC(OC)C3)CN2C(=O)Cc2cc(Cl)c(NC(=O)c3cn(C)c4ccccc34)cc2F)CC1.COC1CN([C@H]2C[C@@H](COC3CCC(C(=O)O)CC3)N(C(=O)Cc3cc(Cl)c(NC(=O)c4cn(C)c5ccccc45)cc3F)C2)C1. The maximum absolute atomic E-state index is 15.5. The number of aromatic nitrogens is 2. The van der Waals surface area contributed by atoms with E-state index in [1.54, 1.807) is 31.5 Å². The van der Waals surface area contributed by atoms with Crippen LogP contribution >= 0.6 is 23.2 Å². The van der Waals surface area contributed by atoms with Crippen LogP contribution < -0.4 is 10.6 Å². The molecule has 24 heteroatoms. The van der Waals surface area contributed by atoms with Gasteiger partial charge in [-0.15, -0.1) is 0 Å². The fourth-order valence-electron chi connectivity index (χ4n) is 14.4. The number of carboxylic acids is 1. The van der Waals surface area contributed by atoms with Crippen molar-refractivity contribution in [3.05, 3.63) is 129 Å². The number of halogens is 4. The highest BCUT2D eigenvalue weighted by Crippen LogP contribution is 2.36. The third kappa shape index (κ3) is 15.6. The van der Waals surface area contributed by atoms with Gasteiger partial charge < -0.3 is 58.4 Å². The Hall–Kier alpha value is -7.02. The van der Waals surface area contributed by atoms with E-state index < -0.39 is 29.4 Å². The van der Waals surface area contributed by atoms with Crippen molar-refractivity contribution in [3.8, 4) is 0 Å². The smallest absolute Gasteiger partial charge is 0.308 e. The molecule has 4 saturated heterocycles. The number of para-hydroxylation sites is 2. The highest BCUT2D eigenvalue weighted by Gasteiger charge is 2.45. The molecular formula is C70H84Cl2F2N8O12. The third-order valence-corrected chi connectivity index (χ3v) is 20.6. The van der Waals surface area contributed by atoms with Gasteiger partial charge in [-0.25, -0.2) is 8.78 Å². The maximum Gasteiger partial charge on any atom is 0.308 e. The zero-order valence-corrected chi connectivity index (χ0v) is 55.4. The fraction of sp³-hybridized carbons (Fsp3) is 0.514. The Balaban J connectivity index is 0.000000192. The Morgan fingerprint density at radius 2 is 0.968 bits per heavy atom. The molecule has 12 rings (SSSR count). The molecule has 4 aliphatic heterocycles. The first-order valence-electron chi connectivity index (χ1n) is 32.7. The lowest BCUT2D eigenvalue weighted by atomic mass is 9.87. The van der Waals surface area contributed by atoms with E-state index in [2.05, 4.69) is 20.4 Å². The summed E-state index contributed by atoms with van der Waals surface area (Å²) in [5.41, 5.74) is 3.27. The Bertz CT molecular complexity index is 3750. The van der Waals surface area contributed by atoms with Crippen LogP contribution in [0.1, 0.15) is 103 Å². The fourth-order valence-corrected chi connectivity index (χ4v) is 14.8. The molecule has 3 N–H and O–H groups in total. The number of esters is 1. The van der Waals surface area contributed by atoms with Gasteiger partial charge in [0.25, 0.3) is 11.8 Å². The lowest BCUT2D eigenvalue weighted by Crippen LogP contribution is -2.56. The van der Waals surface area contributed by atoms with Crippen molar-refractivity contribution in [1.82, 2.24) is 28.7 Å². The lowest BCUT2D eigenvalue weighted by Gasteiger charge is -2.42. The Labute approximate surface area is 556 Å². The summed E-state index contributed by atoms with van der Waals surface area (Å²) in [5, 5.41) is 16.6. The van der Waals surface area contributed by atoms with Crippen molar-refractivity contribution in [2.75, 3.05) is 83.9 Å². The summed E-state index contributed by atoms with van der Waals surface area (Å²) in [6, 6.07) is 20.2. The van der Waals surface area contributed by atoms with Gasteiger partial charge in [0.05, 0.1) is 114 Å². The van der Waals surface area contributed by atoms with Gasteiger partial charge >= 0.3 is 11.9 Å². The molecule has 0 unspecified atom stereocenters. The average molecular weight is 1340 g/mol. The predicted molar refractivity (Wildman–Crippen MR) is 352 cm³/mol. The second kappa shape index (κ2) is 30.4. The Morgan fingerprint density at radius 3 is 1.36 bits per heavy atom.